The van der Waals surface area contributed by atoms with Crippen LogP contribution in [0.1, 0.15) is 0 Å². The van der Waals surface area contributed by atoms with Gasteiger partial charge in [0.2, 0.25) is 0 Å². The highest BCUT2D eigenvalue weighted by atomic mass is 79.9. The van der Waals surface area contributed by atoms with E-state index >= 15 is 0 Å². The van der Waals surface area contributed by atoms with Gasteiger partial charge in [0, 0.05) is 22.4 Å². The van der Waals surface area contributed by atoms with Gasteiger partial charge in [0.15, 0.2) is 0 Å². The van der Waals surface area contributed by atoms with Crippen molar-refractivity contribution in [3.63, 3.8) is 0 Å². The number of allylic oxidation sites excluding steroid dienone is 1. The number of ketones is 1. The van der Waals surface area contributed by atoms with Crippen LogP contribution in [0.25, 0.3) is 0 Å². The van der Waals surface area contributed by atoms with Gasteiger partial charge in [-0.15, -0.1) is 0 Å². The van der Waals surface area contributed by atoms with E-state index in [1.165, 1.54) is 0 Å². The van der Waals surface area contributed by atoms with Crippen LogP contribution in [0.3, 0.4) is 0 Å². The summed E-state index contributed by atoms with van der Waals surface area (Å²) in [7, 11) is 0. The first-order chi connectivity index (χ1) is 7.39. The van der Waals surface area contributed by atoms with Gasteiger partial charge < -0.3 is 5.32 Å². The van der Waals surface area contributed by atoms with E-state index in [0.717, 1.165) is 10.7 Å². The first-order valence-corrected chi connectivity index (χ1v) is 4.99. The van der Waals surface area contributed by atoms with Crippen molar-refractivity contribution in [2.75, 3.05) is 5.32 Å². The average molecular weight is 294 g/mol. The molecule has 0 bridgehead atoms. The second kappa shape index (κ2) is 5.16. The number of anilines is 1. The monoisotopic (exact) mass is 293 g/mol. The summed E-state index contributed by atoms with van der Waals surface area (Å²) in [5, 5.41) is 2.55. The van der Waals surface area contributed by atoms with Crippen molar-refractivity contribution in [2.24, 2.45) is 0 Å². The van der Waals surface area contributed by atoms with Crippen LogP contribution in [0.2, 0.25) is 0 Å². The number of carbonyl (C=O) groups excluding carboxylic acids is 1. The third-order valence-corrected chi connectivity index (χ3v) is 2.14. The molecule has 1 aromatic rings. The Morgan fingerprint density at radius 3 is 2.31 bits per heavy atom. The number of nitrogens with one attached hydrogen (secondary N) is 1. The highest BCUT2D eigenvalue weighted by Crippen LogP contribution is 2.17. The molecule has 0 amide bonds. The minimum atomic E-state index is -4.82. The van der Waals surface area contributed by atoms with Crippen LogP contribution in [0.15, 0.2) is 41.0 Å². The molecule has 0 heterocycles. The van der Waals surface area contributed by atoms with Crippen molar-refractivity contribution in [1.82, 2.24) is 0 Å². The van der Waals surface area contributed by atoms with Crippen LogP contribution >= 0.6 is 15.9 Å². The van der Waals surface area contributed by atoms with Gasteiger partial charge in [0.25, 0.3) is 5.78 Å². The standard InChI is InChI=1S/C10H7BrF3NO/c11-7-1-3-8(4-2-7)15-6-5-9(16)10(12,13)14/h1-6,15H. The van der Waals surface area contributed by atoms with E-state index in [1.807, 2.05) is 0 Å². The molecule has 0 aliphatic carbocycles. The van der Waals surface area contributed by atoms with E-state index < -0.39 is 12.0 Å². The second-order valence-corrected chi connectivity index (χ2v) is 3.76. The molecule has 1 rings (SSSR count). The summed E-state index contributed by atoms with van der Waals surface area (Å²) in [6.45, 7) is 0. The van der Waals surface area contributed by atoms with Crippen molar-refractivity contribution < 1.29 is 18.0 Å². The molecule has 0 spiro atoms. The lowest BCUT2D eigenvalue weighted by molar-refractivity contribution is -0.165. The maximum atomic E-state index is 11.8. The van der Waals surface area contributed by atoms with Crippen LogP contribution in [-0.2, 0) is 4.79 Å². The highest BCUT2D eigenvalue weighted by Gasteiger charge is 2.35. The second-order valence-electron chi connectivity index (χ2n) is 2.85. The van der Waals surface area contributed by atoms with Crippen molar-refractivity contribution in [2.45, 2.75) is 6.18 Å². The van der Waals surface area contributed by atoms with Crippen LogP contribution in [0.4, 0.5) is 18.9 Å². The number of hydrogen-bond acceptors (Lipinski definition) is 2. The zero-order valence-electron chi connectivity index (χ0n) is 7.88. The lowest BCUT2D eigenvalue weighted by Gasteiger charge is -2.01. The molecule has 6 heteroatoms. The van der Waals surface area contributed by atoms with E-state index in [1.54, 1.807) is 24.3 Å². The maximum Gasteiger partial charge on any atom is 0.454 e. The molecule has 0 atom stereocenters. The summed E-state index contributed by atoms with van der Waals surface area (Å²) < 4.78 is 36.2. The molecule has 0 fully saturated rings. The van der Waals surface area contributed by atoms with Gasteiger partial charge in [-0.2, -0.15) is 13.2 Å². The van der Waals surface area contributed by atoms with Crippen molar-refractivity contribution in [3.05, 3.63) is 41.0 Å². The Labute approximate surface area is 98.3 Å². The fourth-order valence-electron chi connectivity index (χ4n) is 0.854. The molecular formula is C10H7BrF3NO. The zero-order chi connectivity index (χ0) is 12.2. The van der Waals surface area contributed by atoms with E-state index in [9.17, 15) is 18.0 Å². The fraction of sp³-hybridized carbons (Fsp3) is 0.100. The SMILES string of the molecule is O=C(C=CNc1ccc(Br)cc1)C(F)(F)F. The smallest absolute Gasteiger partial charge is 0.362 e. The Hall–Kier alpha value is -1.30. The van der Waals surface area contributed by atoms with Gasteiger partial charge in [-0.3, -0.25) is 4.79 Å². The van der Waals surface area contributed by atoms with Gasteiger partial charge in [-0.1, -0.05) is 15.9 Å². The maximum absolute atomic E-state index is 11.8. The van der Waals surface area contributed by atoms with Gasteiger partial charge in [0.1, 0.15) is 0 Å². The summed E-state index contributed by atoms with van der Waals surface area (Å²) in [6.07, 6.45) is -3.42. The molecule has 0 unspecified atom stereocenters. The van der Waals surface area contributed by atoms with Crippen LogP contribution in [0, 0.1) is 0 Å². The molecule has 86 valence electrons. The normalized spacial score (nSPS) is 11.8. The topological polar surface area (TPSA) is 29.1 Å². The molecule has 0 saturated carbocycles. The molecule has 0 aromatic heterocycles. The first-order valence-electron chi connectivity index (χ1n) is 4.19. The Morgan fingerprint density at radius 2 is 1.81 bits per heavy atom. The Balaban J connectivity index is 2.55. The predicted molar refractivity (Wildman–Crippen MR) is 58.0 cm³/mol. The molecule has 0 radical (unpaired) electrons. The third-order valence-electron chi connectivity index (χ3n) is 1.61. The van der Waals surface area contributed by atoms with E-state index in [4.69, 9.17) is 0 Å². The number of halogens is 4. The largest absolute Gasteiger partial charge is 0.454 e. The Morgan fingerprint density at radius 1 is 1.25 bits per heavy atom. The first kappa shape index (κ1) is 12.8. The highest BCUT2D eigenvalue weighted by molar-refractivity contribution is 9.10. The summed E-state index contributed by atoms with van der Waals surface area (Å²) in [5.41, 5.74) is 0.592. The molecule has 1 aromatic carbocycles. The van der Waals surface area contributed by atoms with Crippen LogP contribution in [-0.4, -0.2) is 12.0 Å². The number of carbonyl (C=O) groups is 1. The van der Waals surface area contributed by atoms with Gasteiger partial charge >= 0.3 is 6.18 Å². The van der Waals surface area contributed by atoms with Crippen molar-refractivity contribution in [3.8, 4) is 0 Å². The third kappa shape index (κ3) is 4.06. The zero-order valence-corrected chi connectivity index (χ0v) is 9.47. The van der Waals surface area contributed by atoms with Gasteiger partial charge in [-0.25, -0.2) is 0 Å². The van der Waals surface area contributed by atoms with E-state index in [0.29, 0.717) is 11.8 Å². The van der Waals surface area contributed by atoms with Crippen LogP contribution in [0.5, 0.6) is 0 Å². The predicted octanol–water partition coefficient (Wildman–Crippen LogP) is 3.51. The molecular weight excluding hydrogens is 287 g/mol. The summed E-state index contributed by atoms with van der Waals surface area (Å²) in [5.74, 6) is -1.89. The lowest BCUT2D eigenvalue weighted by atomic mass is 10.3. The number of rotatable bonds is 3. The van der Waals surface area contributed by atoms with Gasteiger partial charge in [-0.05, 0) is 24.3 Å². The summed E-state index contributed by atoms with van der Waals surface area (Å²) >= 11 is 3.21. The summed E-state index contributed by atoms with van der Waals surface area (Å²) in [4.78, 5) is 10.4. The minimum Gasteiger partial charge on any atom is -0.362 e. The number of benzene rings is 1. The molecule has 0 aliphatic rings. The van der Waals surface area contributed by atoms with Crippen molar-refractivity contribution >= 4 is 27.4 Å². The van der Waals surface area contributed by atoms with E-state index in [-0.39, 0.29) is 0 Å². The molecule has 1 N–H and O–H groups in total. The number of hydrogen-bond donors (Lipinski definition) is 1. The Bertz CT molecular complexity index is 398. The Kier molecular flexibility index (Phi) is 4.12. The minimum absolute atomic E-state index is 0.446. The molecule has 2 nitrogen and oxygen atoms in total. The van der Waals surface area contributed by atoms with Gasteiger partial charge in [0.05, 0.1) is 0 Å². The molecule has 0 saturated heterocycles. The average Bonchev–Trinajstić information content (AvgIpc) is 2.19. The molecule has 0 aliphatic heterocycles. The van der Waals surface area contributed by atoms with E-state index in [2.05, 4.69) is 21.2 Å². The fourth-order valence-corrected chi connectivity index (χ4v) is 1.12. The number of alkyl halides is 3. The molecule has 16 heavy (non-hydrogen) atoms. The summed E-state index contributed by atoms with van der Waals surface area (Å²) in [6, 6.07) is 6.77. The van der Waals surface area contributed by atoms with Crippen molar-refractivity contribution in [1.29, 1.82) is 0 Å². The lowest BCUT2D eigenvalue weighted by Crippen LogP contribution is -2.20. The van der Waals surface area contributed by atoms with Crippen LogP contribution < -0.4 is 5.32 Å². The quantitative estimate of drug-likeness (QED) is 0.864.